The molecule has 1 atom stereocenters. The van der Waals surface area contributed by atoms with Crippen LogP contribution >= 0.6 is 0 Å². The predicted molar refractivity (Wildman–Crippen MR) is 125 cm³/mol. The van der Waals surface area contributed by atoms with Crippen LogP contribution in [0, 0.1) is 5.82 Å². The molecular weight excluding hydrogens is 419 g/mol. The fourth-order valence-electron chi connectivity index (χ4n) is 5.26. The lowest BCUT2D eigenvalue weighted by Gasteiger charge is -2.34. The van der Waals surface area contributed by atoms with E-state index in [1.807, 2.05) is 30.5 Å². The van der Waals surface area contributed by atoms with Gasteiger partial charge in [0, 0.05) is 43.2 Å². The number of nitrogens with one attached hydrogen (secondary N) is 1. The molecule has 1 unspecified atom stereocenters. The Kier molecular flexibility index (Phi) is 5.11. The highest BCUT2D eigenvalue weighted by atomic mass is 19.1. The van der Waals surface area contributed by atoms with Gasteiger partial charge < -0.3 is 14.8 Å². The quantitative estimate of drug-likeness (QED) is 0.510. The van der Waals surface area contributed by atoms with E-state index in [1.54, 1.807) is 10.6 Å². The summed E-state index contributed by atoms with van der Waals surface area (Å²) in [5.74, 6) is -0.333. The van der Waals surface area contributed by atoms with Crippen molar-refractivity contribution in [3.63, 3.8) is 0 Å². The summed E-state index contributed by atoms with van der Waals surface area (Å²) in [7, 11) is 0. The molecular formula is C25H25FN6O. The largest absolute Gasteiger partial charge is 0.308 e. The summed E-state index contributed by atoms with van der Waals surface area (Å²) in [5, 5.41) is 3.62. The van der Waals surface area contributed by atoms with Crippen molar-refractivity contribution >= 4 is 22.1 Å². The van der Waals surface area contributed by atoms with Gasteiger partial charge in [-0.15, -0.1) is 0 Å². The molecule has 0 amide bonds. The van der Waals surface area contributed by atoms with Crippen LogP contribution in [0.25, 0.3) is 22.1 Å². The third-order valence-corrected chi connectivity index (χ3v) is 6.94. The highest BCUT2D eigenvalue weighted by Crippen LogP contribution is 2.34. The van der Waals surface area contributed by atoms with E-state index in [9.17, 15) is 9.18 Å². The van der Waals surface area contributed by atoms with Gasteiger partial charge in [0.1, 0.15) is 5.82 Å². The minimum Gasteiger partial charge on any atom is -0.308 e. The third kappa shape index (κ3) is 3.79. The summed E-state index contributed by atoms with van der Waals surface area (Å²) >= 11 is 0. The number of fused-ring (bicyclic) bond motifs is 1. The van der Waals surface area contributed by atoms with Gasteiger partial charge in [0.25, 0.3) is 5.56 Å². The zero-order valence-electron chi connectivity index (χ0n) is 18.2. The van der Waals surface area contributed by atoms with Gasteiger partial charge in [0.2, 0.25) is 0 Å². The fourth-order valence-corrected chi connectivity index (χ4v) is 5.26. The summed E-state index contributed by atoms with van der Waals surface area (Å²) in [4.78, 5) is 28.1. The van der Waals surface area contributed by atoms with Gasteiger partial charge in [0.05, 0.1) is 40.2 Å². The maximum absolute atomic E-state index is 14.7. The maximum atomic E-state index is 14.7. The van der Waals surface area contributed by atoms with Crippen LogP contribution in [0.5, 0.6) is 0 Å². The fraction of sp³-hybridized carbons (Fsp3) is 0.360. The van der Waals surface area contributed by atoms with Crippen molar-refractivity contribution in [1.82, 2.24) is 29.7 Å². The lowest BCUT2D eigenvalue weighted by Crippen LogP contribution is -2.43. The van der Waals surface area contributed by atoms with Gasteiger partial charge in [-0.3, -0.25) is 14.8 Å². The zero-order valence-corrected chi connectivity index (χ0v) is 18.2. The normalized spacial score (nSPS) is 19.0. The van der Waals surface area contributed by atoms with Gasteiger partial charge in [-0.2, -0.15) is 0 Å². The van der Waals surface area contributed by atoms with Crippen LogP contribution in [0.4, 0.5) is 4.39 Å². The molecule has 2 aliphatic heterocycles. The summed E-state index contributed by atoms with van der Waals surface area (Å²) in [6, 6.07) is 11.5. The van der Waals surface area contributed by atoms with E-state index in [-0.39, 0.29) is 17.3 Å². The number of aromatic nitrogens is 4. The molecule has 7 nitrogen and oxygen atoms in total. The summed E-state index contributed by atoms with van der Waals surface area (Å²) in [5.41, 5.74) is 4.69. The van der Waals surface area contributed by atoms with Gasteiger partial charge in [-0.1, -0.05) is 12.1 Å². The molecule has 0 saturated carbocycles. The average Bonchev–Trinajstić information content (AvgIpc) is 3.23. The van der Waals surface area contributed by atoms with Crippen molar-refractivity contribution in [3.8, 4) is 0 Å². The first kappa shape index (κ1) is 20.4. The molecule has 168 valence electrons. The van der Waals surface area contributed by atoms with Gasteiger partial charge in [-0.25, -0.2) is 9.37 Å². The predicted octanol–water partition coefficient (Wildman–Crippen LogP) is 2.83. The van der Waals surface area contributed by atoms with Crippen LogP contribution in [0.15, 0.2) is 53.6 Å². The van der Waals surface area contributed by atoms with Gasteiger partial charge in [0.15, 0.2) is 0 Å². The van der Waals surface area contributed by atoms with Crippen LogP contribution in [-0.4, -0.2) is 50.1 Å². The molecule has 0 aliphatic carbocycles. The Balaban J connectivity index is 1.08. The second kappa shape index (κ2) is 8.28. The number of pyridine rings is 2. The molecule has 4 aromatic rings. The van der Waals surface area contributed by atoms with Crippen molar-refractivity contribution in [2.24, 2.45) is 0 Å². The molecule has 0 radical (unpaired) electrons. The number of rotatable bonds is 5. The lowest BCUT2D eigenvalue weighted by atomic mass is 9.98. The Morgan fingerprint density at radius 1 is 1.00 bits per heavy atom. The molecule has 1 N–H and O–H groups in total. The van der Waals surface area contributed by atoms with Crippen molar-refractivity contribution in [1.29, 1.82) is 0 Å². The highest BCUT2D eigenvalue weighted by Gasteiger charge is 2.31. The molecule has 5 heterocycles. The molecule has 33 heavy (non-hydrogen) atoms. The monoisotopic (exact) mass is 444 g/mol. The van der Waals surface area contributed by atoms with Crippen LogP contribution in [0.2, 0.25) is 0 Å². The van der Waals surface area contributed by atoms with Crippen LogP contribution in [0.3, 0.4) is 0 Å². The van der Waals surface area contributed by atoms with E-state index in [1.165, 1.54) is 12.3 Å². The lowest BCUT2D eigenvalue weighted by molar-refractivity contribution is 0.184. The smallest absolute Gasteiger partial charge is 0.251 e. The molecule has 1 aromatic carbocycles. The number of piperidine rings is 1. The minimum atomic E-state index is -0.308. The molecule has 0 bridgehead atoms. The second-order valence-corrected chi connectivity index (χ2v) is 9.04. The Labute approximate surface area is 190 Å². The number of halogens is 1. The van der Waals surface area contributed by atoms with Crippen LogP contribution in [-0.2, 0) is 13.1 Å². The minimum absolute atomic E-state index is 0.0250. The van der Waals surface area contributed by atoms with Crippen molar-refractivity contribution in [3.05, 3.63) is 76.2 Å². The molecule has 2 aliphatic rings. The average molecular weight is 445 g/mol. The molecule has 8 heteroatoms. The number of nitrogens with zero attached hydrogens (tertiary/aromatic N) is 5. The molecule has 1 saturated heterocycles. The Morgan fingerprint density at radius 2 is 1.79 bits per heavy atom. The van der Waals surface area contributed by atoms with Crippen LogP contribution in [0.1, 0.15) is 30.0 Å². The molecule has 1 fully saturated rings. The molecule has 6 rings (SSSR count). The number of para-hydroxylation sites is 2. The Bertz CT molecular complexity index is 1400. The number of likely N-dealkylation sites (tertiary alicyclic amines) is 1. The number of benzene rings is 1. The Morgan fingerprint density at radius 3 is 2.64 bits per heavy atom. The second-order valence-electron chi connectivity index (χ2n) is 9.04. The van der Waals surface area contributed by atoms with Crippen LogP contribution < -0.4 is 10.9 Å². The summed E-state index contributed by atoms with van der Waals surface area (Å²) in [6.07, 6.45) is 5.18. The zero-order chi connectivity index (χ0) is 22.4. The first-order valence-corrected chi connectivity index (χ1v) is 11.5. The van der Waals surface area contributed by atoms with E-state index in [0.717, 1.165) is 49.2 Å². The van der Waals surface area contributed by atoms with E-state index < -0.39 is 0 Å². The first-order valence-electron chi connectivity index (χ1n) is 11.5. The molecule has 3 aromatic heterocycles. The van der Waals surface area contributed by atoms with Gasteiger partial charge in [-0.05, 0) is 44.1 Å². The van der Waals surface area contributed by atoms with Crippen molar-refractivity contribution in [2.45, 2.75) is 37.9 Å². The Hall–Kier alpha value is -3.23. The SMILES string of the molecule is O=c1ccc2ncc(F)c3c2n1CC3CN1CCC(NCc2cnc3ccccc3n2)CC1. The van der Waals surface area contributed by atoms with Crippen molar-refractivity contribution in [2.75, 3.05) is 19.6 Å². The van der Waals surface area contributed by atoms with E-state index in [2.05, 4.69) is 20.2 Å². The summed E-state index contributed by atoms with van der Waals surface area (Å²) in [6.45, 7) is 3.85. The first-order chi connectivity index (χ1) is 16.2. The standard InChI is InChI=1S/C25H25FN6O/c26-19-13-29-22-5-6-23(33)32-15-16(24(19)25(22)32)14-31-9-7-17(8-10-31)27-11-18-12-28-20-3-1-2-4-21(20)30-18/h1-6,12-13,16-17,27H,7-11,14-15H2. The topological polar surface area (TPSA) is 75.9 Å². The van der Waals surface area contributed by atoms with E-state index in [4.69, 9.17) is 4.98 Å². The molecule has 0 spiro atoms. The third-order valence-electron chi connectivity index (χ3n) is 6.94. The summed E-state index contributed by atoms with van der Waals surface area (Å²) < 4.78 is 16.4. The number of hydrogen-bond acceptors (Lipinski definition) is 6. The van der Waals surface area contributed by atoms with Crippen molar-refractivity contribution < 1.29 is 4.39 Å². The number of hydrogen-bond donors (Lipinski definition) is 1. The van der Waals surface area contributed by atoms with Gasteiger partial charge >= 0.3 is 0 Å². The maximum Gasteiger partial charge on any atom is 0.251 e. The highest BCUT2D eigenvalue weighted by molar-refractivity contribution is 5.80. The van der Waals surface area contributed by atoms with E-state index >= 15 is 0 Å². The van der Waals surface area contributed by atoms with E-state index in [0.29, 0.717) is 35.7 Å².